The fourth-order valence-corrected chi connectivity index (χ4v) is 1.90. The molecule has 1 heterocycles. The highest BCUT2D eigenvalue weighted by Crippen LogP contribution is 2.31. The molecule has 1 aromatic heterocycles. The molecule has 2 aromatic rings. The highest BCUT2D eigenvalue weighted by atomic mass is 35.5. The molecule has 4 heteroatoms. The third kappa shape index (κ3) is 1.94. The Morgan fingerprint density at radius 3 is 2.60 bits per heavy atom. The summed E-state index contributed by atoms with van der Waals surface area (Å²) in [6, 6.07) is 3.95. The van der Waals surface area contributed by atoms with Crippen molar-refractivity contribution in [3.8, 4) is 0 Å². The quantitative estimate of drug-likeness (QED) is 0.691. The lowest BCUT2D eigenvalue weighted by molar-refractivity contribution is 0.581. The highest BCUT2D eigenvalue weighted by molar-refractivity contribution is 7.71. The zero-order valence-corrected chi connectivity index (χ0v) is 10.4. The van der Waals surface area contributed by atoms with Crippen LogP contribution in [0.25, 0.3) is 11.1 Å². The number of aromatic nitrogens is 1. The summed E-state index contributed by atoms with van der Waals surface area (Å²) < 4.78 is 5.29. The number of nitrogens with one attached hydrogen (secondary N) is 1. The number of fused-ring (bicyclic) bond motifs is 1. The van der Waals surface area contributed by atoms with Gasteiger partial charge in [0.2, 0.25) is 0 Å². The molecule has 1 aromatic carbocycles. The van der Waals surface area contributed by atoms with Crippen molar-refractivity contribution in [3.05, 3.63) is 27.6 Å². The molecule has 80 valence electrons. The van der Waals surface area contributed by atoms with E-state index in [9.17, 15) is 0 Å². The van der Waals surface area contributed by atoms with Gasteiger partial charge in [-0.25, -0.2) is 0 Å². The van der Waals surface area contributed by atoms with Crippen molar-refractivity contribution in [1.29, 1.82) is 0 Å². The van der Waals surface area contributed by atoms with E-state index >= 15 is 0 Å². The molecular formula is C11H12ClNOS. The van der Waals surface area contributed by atoms with Crippen molar-refractivity contribution >= 4 is 34.9 Å². The van der Waals surface area contributed by atoms with Gasteiger partial charge in [0.15, 0.2) is 5.58 Å². The Bertz CT molecular complexity index is 562. The van der Waals surface area contributed by atoms with Crippen molar-refractivity contribution in [2.75, 3.05) is 0 Å². The van der Waals surface area contributed by atoms with Crippen LogP contribution in [0.1, 0.15) is 26.3 Å². The second-order valence-corrected chi connectivity index (χ2v) is 5.38. The number of oxazole rings is 1. The van der Waals surface area contributed by atoms with E-state index in [1.807, 2.05) is 12.1 Å². The molecule has 0 saturated carbocycles. The Morgan fingerprint density at radius 2 is 2.00 bits per heavy atom. The predicted molar refractivity (Wildman–Crippen MR) is 65.1 cm³/mol. The van der Waals surface area contributed by atoms with Crippen molar-refractivity contribution < 1.29 is 4.42 Å². The van der Waals surface area contributed by atoms with E-state index in [0.29, 0.717) is 15.4 Å². The van der Waals surface area contributed by atoms with E-state index < -0.39 is 0 Å². The molecule has 2 nitrogen and oxygen atoms in total. The van der Waals surface area contributed by atoms with Crippen LogP contribution in [0.15, 0.2) is 16.5 Å². The van der Waals surface area contributed by atoms with Crippen LogP contribution in [-0.4, -0.2) is 4.98 Å². The minimum Gasteiger partial charge on any atom is -0.428 e. The van der Waals surface area contributed by atoms with Crippen molar-refractivity contribution in [1.82, 2.24) is 4.98 Å². The molecule has 0 amide bonds. The number of hydrogen-bond acceptors (Lipinski definition) is 2. The van der Waals surface area contributed by atoms with Gasteiger partial charge in [0.1, 0.15) is 0 Å². The Kier molecular flexibility index (Phi) is 2.40. The number of halogens is 1. The summed E-state index contributed by atoms with van der Waals surface area (Å²) in [5, 5.41) is 0.602. The van der Waals surface area contributed by atoms with E-state index in [2.05, 4.69) is 25.8 Å². The predicted octanol–water partition coefficient (Wildman–Crippen LogP) is 4.44. The Labute approximate surface area is 98.2 Å². The average molecular weight is 242 g/mol. The van der Waals surface area contributed by atoms with E-state index in [0.717, 1.165) is 11.1 Å². The molecule has 0 aliphatic rings. The minimum atomic E-state index is 0.0601. The average Bonchev–Trinajstić information content (AvgIpc) is 2.44. The second-order valence-electron chi connectivity index (χ2n) is 4.60. The lowest BCUT2D eigenvalue weighted by Gasteiger charge is -2.18. The Balaban J connectivity index is 2.78. The Morgan fingerprint density at radius 1 is 1.33 bits per heavy atom. The van der Waals surface area contributed by atoms with Gasteiger partial charge in [0.05, 0.1) is 10.5 Å². The van der Waals surface area contributed by atoms with Crippen LogP contribution in [0.3, 0.4) is 0 Å². The number of benzene rings is 1. The van der Waals surface area contributed by atoms with Gasteiger partial charge in [-0.3, -0.25) is 0 Å². The summed E-state index contributed by atoms with van der Waals surface area (Å²) >= 11 is 11.0. The maximum absolute atomic E-state index is 6.12. The van der Waals surface area contributed by atoms with Gasteiger partial charge in [0.25, 0.3) is 4.84 Å². The van der Waals surface area contributed by atoms with Gasteiger partial charge in [-0.15, -0.1) is 0 Å². The molecule has 2 rings (SSSR count). The normalized spacial score (nSPS) is 12.3. The summed E-state index contributed by atoms with van der Waals surface area (Å²) in [5.74, 6) is 0. The van der Waals surface area contributed by atoms with Crippen LogP contribution in [0.2, 0.25) is 5.02 Å². The molecule has 0 aliphatic heterocycles. The third-order valence-electron chi connectivity index (χ3n) is 2.34. The molecule has 0 aliphatic carbocycles. The molecule has 15 heavy (non-hydrogen) atoms. The van der Waals surface area contributed by atoms with Gasteiger partial charge < -0.3 is 9.40 Å². The monoisotopic (exact) mass is 241 g/mol. The molecule has 1 N–H and O–H groups in total. The first kappa shape index (κ1) is 10.7. The van der Waals surface area contributed by atoms with Crippen LogP contribution in [0.4, 0.5) is 0 Å². The van der Waals surface area contributed by atoms with E-state index in [1.165, 1.54) is 0 Å². The van der Waals surface area contributed by atoms with Gasteiger partial charge in [-0.1, -0.05) is 32.4 Å². The van der Waals surface area contributed by atoms with Crippen LogP contribution in [-0.2, 0) is 5.41 Å². The molecule has 0 atom stereocenters. The minimum absolute atomic E-state index is 0.0601. The lowest BCUT2D eigenvalue weighted by Crippen LogP contribution is -2.10. The lowest BCUT2D eigenvalue weighted by atomic mass is 9.87. The van der Waals surface area contributed by atoms with E-state index in [4.69, 9.17) is 28.2 Å². The summed E-state index contributed by atoms with van der Waals surface area (Å²) in [6.07, 6.45) is 0. The molecule has 0 unspecified atom stereocenters. The van der Waals surface area contributed by atoms with E-state index in [-0.39, 0.29) is 5.41 Å². The summed E-state index contributed by atoms with van der Waals surface area (Å²) in [4.78, 5) is 3.33. The first-order valence-electron chi connectivity index (χ1n) is 4.71. The third-order valence-corrected chi connectivity index (χ3v) is 2.81. The highest BCUT2D eigenvalue weighted by Gasteiger charge is 2.17. The molecule has 0 bridgehead atoms. The van der Waals surface area contributed by atoms with Crippen molar-refractivity contribution in [2.24, 2.45) is 0 Å². The number of hydrogen-bond donors (Lipinski definition) is 1. The SMILES string of the molecule is CC(C)(C)c1cc(Cl)c2oc(=S)[nH]c2c1. The fourth-order valence-electron chi connectivity index (χ4n) is 1.45. The van der Waals surface area contributed by atoms with Gasteiger partial charge in [0, 0.05) is 0 Å². The topological polar surface area (TPSA) is 28.9 Å². The fraction of sp³-hybridized carbons (Fsp3) is 0.364. The first-order valence-corrected chi connectivity index (χ1v) is 5.49. The first-order chi connectivity index (χ1) is 6.88. The number of aromatic amines is 1. The molecule has 0 saturated heterocycles. The van der Waals surface area contributed by atoms with E-state index in [1.54, 1.807) is 0 Å². The van der Waals surface area contributed by atoms with Crippen molar-refractivity contribution in [2.45, 2.75) is 26.2 Å². The largest absolute Gasteiger partial charge is 0.428 e. The zero-order chi connectivity index (χ0) is 11.2. The zero-order valence-electron chi connectivity index (χ0n) is 8.85. The molecule has 0 spiro atoms. The standard InChI is InChI=1S/C11H12ClNOS/c1-11(2,3)6-4-7(12)9-8(5-6)13-10(15)14-9/h4-5H,1-3H3,(H,13,15). The van der Waals surface area contributed by atoms with Crippen LogP contribution < -0.4 is 0 Å². The summed E-state index contributed by atoms with van der Waals surface area (Å²) in [7, 11) is 0. The number of rotatable bonds is 0. The number of H-pyrrole nitrogens is 1. The smallest absolute Gasteiger partial charge is 0.266 e. The second kappa shape index (κ2) is 3.35. The van der Waals surface area contributed by atoms with Gasteiger partial charge >= 0.3 is 0 Å². The maximum Gasteiger partial charge on any atom is 0.266 e. The molecular weight excluding hydrogens is 230 g/mol. The van der Waals surface area contributed by atoms with Crippen LogP contribution in [0, 0.1) is 4.84 Å². The summed E-state index contributed by atoms with van der Waals surface area (Å²) in [6.45, 7) is 6.41. The van der Waals surface area contributed by atoms with Crippen LogP contribution in [0.5, 0.6) is 0 Å². The maximum atomic E-state index is 6.12. The van der Waals surface area contributed by atoms with Gasteiger partial charge in [-0.05, 0) is 35.3 Å². The molecule has 0 radical (unpaired) electrons. The van der Waals surface area contributed by atoms with Crippen LogP contribution >= 0.6 is 23.8 Å². The Hall–Kier alpha value is -0.800. The summed E-state index contributed by atoms with van der Waals surface area (Å²) in [5.41, 5.74) is 2.71. The van der Waals surface area contributed by atoms with Crippen molar-refractivity contribution in [3.63, 3.8) is 0 Å². The van der Waals surface area contributed by atoms with Gasteiger partial charge in [-0.2, -0.15) is 0 Å². The molecule has 0 fully saturated rings.